The van der Waals surface area contributed by atoms with Gasteiger partial charge in [0.2, 0.25) is 10.0 Å². The van der Waals surface area contributed by atoms with Crippen molar-refractivity contribution in [3.05, 3.63) is 24.2 Å². The van der Waals surface area contributed by atoms with E-state index in [0.717, 1.165) is 5.76 Å². The van der Waals surface area contributed by atoms with Gasteiger partial charge in [-0.05, 0) is 25.5 Å². The lowest BCUT2D eigenvalue weighted by molar-refractivity contribution is 0.480. The van der Waals surface area contributed by atoms with E-state index in [4.69, 9.17) is 9.68 Å². The third-order valence-electron chi connectivity index (χ3n) is 2.04. The molecule has 0 aliphatic carbocycles. The van der Waals surface area contributed by atoms with Crippen LogP contribution >= 0.6 is 0 Å². The second kappa shape index (κ2) is 5.68. The maximum atomic E-state index is 11.2. The summed E-state index contributed by atoms with van der Waals surface area (Å²) >= 11 is 0. The van der Waals surface area contributed by atoms with Crippen LogP contribution in [0, 0.1) is 11.3 Å². The number of hydrogen-bond donors (Lipinski definition) is 1. The van der Waals surface area contributed by atoms with Crippen LogP contribution in [-0.2, 0) is 16.4 Å². The predicted molar refractivity (Wildman–Crippen MR) is 59.0 cm³/mol. The summed E-state index contributed by atoms with van der Waals surface area (Å²) in [6.07, 6.45) is 2.89. The normalized spacial score (nSPS) is 13.2. The van der Waals surface area contributed by atoms with Gasteiger partial charge < -0.3 is 4.42 Å². The average Bonchev–Trinajstić information content (AvgIpc) is 2.66. The summed E-state index contributed by atoms with van der Waals surface area (Å²) in [7, 11) is -3.46. The zero-order valence-electron chi connectivity index (χ0n) is 9.01. The lowest BCUT2D eigenvalue weighted by atomic mass is 10.2. The summed E-state index contributed by atoms with van der Waals surface area (Å²) in [6.45, 7) is 1.76. The van der Waals surface area contributed by atoms with Gasteiger partial charge >= 0.3 is 0 Å². The molecule has 0 aromatic carbocycles. The summed E-state index contributed by atoms with van der Waals surface area (Å²) in [5.41, 5.74) is 0. The van der Waals surface area contributed by atoms with Crippen molar-refractivity contribution in [1.82, 2.24) is 4.72 Å². The number of nitrogens with zero attached hydrogens (tertiary/aromatic N) is 1. The first kappa shape index (κ1) is 12.7. The molecule has 1 atom stereocenters. The Labute approximate surface area is 95.1 Å². The molecule has 0 bridgehead atoms. The third kappa shape index (κ3) is 4.47. The van der Waals surface area contributed by atoms with Crippen LogP contribution in [0.5, 0.6) is 0 Å². The summed E-state index contributed by atoms with van der Waals surface area (Å²) in [5.74, 6) is 0.323. The molecule has 0 aliphatic heterocycles. The van der Waals surface area contributed by atoms with Gasteiger partial charge in [-0.15, -0.1) is 0 Å². The van der Waals surface area contributed by atoms with Crippen molar-refractivity contribution in [3.63, 3.8) is 0 Å². The van der Waals surface area contributed by atoms with Crippen LogP contribution < -0.4 is 4.72 Å². The highest BCUT2D eigenvalue weighted by atomic mass is 32.2. The number of sulfonamides is 1. The molecule has 1 unspecified atom stereocenters. The molecule has 1 heterocycles. The van der Waals surface area contributed by atoms with E-state index in [9.17, 15) is 8.42 Å². The first-order valence-electron chi connectivity index (χ1n) is 4.93. The molecular weight excluding hydrogens is 228 g/mol. The van der Waals surface area contributed by atoms with Crippen molar-refractivity contribution < 1.29 is 12.8 Å². The number of furan rings is 1. The van der Waals surface area contributed by atoms with E-state index in [-0.39, 0.29) is 6.04 Å². The van der Waals surface area contributed by atoms with Crippen molar-refractivity contribution in [3.8, 4) is 6.07 Å². The van der Waals surface area contributed by atoms with Crippen LogP contribution in [0.3, 0.4) is 0 Å². The number of nitriles is 1. The minimum absolute atomic E-state index is 0.205. The van der Waals surface area contributed by atoms with Crippen LogP contribution in [-0.4, -0.2) is 20.2 Å². The Hall–Kier alpha value is -1.32. The first-order chi connectivity index (χ1) is 7.53. The molecule has 0 saturated heterocycles. The average molecular weight is 242 g/mol. The number of hydrogen-bond acceptors (Lipinski definition) is 4. The van der Waals surface area contributed by atoms with Crippen molar-refractivity contribution in [2.75, 3.05) is 5.75 Å². The maximum absolute atomic E-state index is 11.2. The van der Waals surface area contributed by atoms with Crippen LogP contribution in [0.1, 0.15) is 19.1 Å². The second-order valence-corrected chi connectivity index (χ2v) is 5.31. The number of aryl methyl sites for hydroxylation is 1. The van der Waals surface area contributed by atoms with E-state index < -0.39 is 15.8 Å². The Morgan fingerprint density at radius 1 is 1.62 bits per heavy atom. The molecular formula is C10H14N2O3S. The van der Waals surface area contributed by atoms with Gasteiger partial charge in [0.25, 0.3) is 0 Å². The Kier molecular flexibility index (Phi) is 4.52. The van der Waals surface area contributed by atoms with Crippen molar-refractivity contribution in [1.29, 1.82) is 5.26 Å². The van der Waals surface area contributed by atoms with E-state index in [1.54, 1.807) is 25.3 Å². The monoisotopic (exact) mass is 242 g/mol. The summed E-state index contributed by atoms with van der Waals surface area (Å²) in [6, 6.07) is 5.04. The standard InChI is InChI=1S/C10H14N2O3S/c1-9(12-16(13,14)8-6-11)4-5-10-3-2-7-15-10/h2-3,7,9,12H,4-5,8H2,1H3. The largest absolute Gasteiger partial charge is 0.469 e. The highest BCUT2D eigenvalue weighted by Crippen LogP contribution is 2.06. The van der Waals surface area contributed by atoms with E-state index >= 15 is 0 Å². The van der Waals surface area contributed by atoms with Gasteiger partial charge in [0, 0.05) is 12.5 Å². The molecule has 0 spiro atoms. The highest BCUT2D eigenvalue weighted by molar-refractivity contribution is 7.89. The van der Waals surface area contributed by atoms with Crippen molar-refractivity contribution in [2.45, 2.75) is 25.8 Å². The second-order valence-electron chi connectivity index (χ2n) is 3.55. The Balaban J connectivity index is 2.37. The minimum Gasteiger partial charge on any atom is -0.469 e. The quantitative estimate of drug-likeness (QED) is 0.808. The smallest absolute Gasteiger partial charge is 0.225 e. The van der Waals surface area contributed by atoms with E-state index in [1.807, 2.05) is 6.07 Å². The van der Waals surface area contributed by atoms with Gasteiger partial charge in [0.05, 0.1) is 12.3 Å². The van der Waals surface area contributed by atoms with Crippen molar-refractivity contribution >= 4 is 10.0 Å². The van der Waals surface area contributed by atoms with Crippen LogP contribution in [0.15, 0.2) is 22.8 Å². The van der Waals surface area contributed by atoms with E-state index in [0.29, 0.717) is 12.8 Å². The SMILES string of the molecule is CC(CCc1ccco1)NS(=O)(=O)CC#N. The van der Waals surface area contributed by atoms with Crippen LogP contribution in [0.2, 0.25) is 0 Å². The summed E-state index contributed by atoms with van der Waals surface area (Å²) in [5, 5.41) is 8.31. The molecule has 0 fully saturated rings. The molecule has 1 N–H and O–H groups in total. The summed E-state index contributed by atoms with van der Waals surface area (Å²) in [4.78, 5) is 0. The minimum atomic E-state index is -3.46. The fourth-order valence-electron chi connectivity index (χ4n) is 1.31. The molecule has 6 heteroatoms. The predicted octanol–water partition coefficient (Wildman–Crippen LogP) is 1.04. The topological polar surface area (TPSA) is 83.1 Å². The van der Waals surface area contributed by atoms with Gasteiger partial charge in [-0.3, -0.25) is 0 Å². The van der Waals surface area contributed by atoms with Gasteiger partial charge in [0.1, 0.15) is 5.76 Å². The fraction of sp³-hybridized carbons (Fsp3) is 0.500. The molecule has 1 rings (SSSR count). The lowest BCUT2D eigenvalue weighted by Gasteiger charge is -2.11. The van der Waals surface area contributed by atoms with Gasteiger partial charge in [-0.2, -0.15) is 5.26 Å². The highest BCUT2D eigenvalue weighted by Gasteiger charge is 2.13. The van der Waals surface area contributed by atoms with Crippen LogP contribution in [0.4, 0.5) is 0 Å². The zero-order chi connectivity index (χ0) is 12.0. The van der Waals surface area contributed by atoms with Gasteiger partial charge in [-0.25, -0.2) is 13.1 Å². The molecule has 5 nitrogen and oxygen atoms in total. The zero-order valence-corrected chi connectivity index (χ0v) is 9.83. The molecule has 0 aliphatic rings. The Morgan fingerprint density at radius 3 is 2.94 bits per heavy atom. The van der Waals surface area contributed by atoms with E-state index in [2.05, 4.69) is 4.72 Å². The molecule has 1 aromatic heterocycles. The third-order valence-corrected chi connectivity index (χ3v) is 3.31. The maximum Gasteiger partial charge on any atom is 0.225 e. The lowest BCUT2D eigenvalue weighted by Crippen LogP contribution is -2.34. The number of rotatable bonds is 6. The molecule has 88 valence electrons. The fourth-order valence-corrected chi connectivity index (χ4v) is 2.29. The molecule has 0 amide bonds. The Bertz CT molecular complexity index is 445. The molecule has 16 heavy (non-hydrogen) atoms. The van der Waals surface area contributed by atoms with Gasteiger partial charge in [0.15, 0.2) is 5.75 Å². The van der Waals surface area contributed by atoms with Crippen molar-refractivity contribution in [2.24, 2.45) is 0 Å². The van der Waals surface area contributed by atoms with Gasteiger partial charge in [-0.1, -0.05) is 0 Å². The first-order valence-corrected chi connectivity index (χ1v) is 6.58. The molecule has 1 aromatic rings. The summed E-state index contributed by atoms with van der Waals surface area (Å²) < 4.78 is 30.1. The van der Waals surface area contributed by atoms with Crippen LogP contribution in [0.25, 0.3) is 0 Å². The molecule has 0 saturated carbocycles. The Morgan fingerprint density at radius 2 is 2.38 bits per heavy atom. The van der Waals surface area contributed by atoms with E-state index in [1.165, 1.54) is 0 Å². The molecule has 0 radical (unpaired) electrons. The number of nitrogens with one attached hydrogen (secondary N) is 1.